The van der Waals surface area contributed by atoms with Gasteiger partial charge in [0.05, 0.1) is 0 Å². The number of hydrogen-bond acceptors (Lipinski definition) is 2. The maximum Gasteiger partial charge on any atom is 0.242 e. The molecule has 0 saturated carbocycles. The molecule has 0 aromatic heterocycles. The number of hydrogen-bond donors (Lipinski definition) is 0. The van der Waals surface area contributed by atoms with Gasteiger partial charge in [0.15, 0.2) is 0 Å². The van der Waals surface area contributed by atoms with Crippen LogP contribution in [0, 0.1) is 0 Å². The molecule has 2 aromatic carbocycles. The largest absolute Gasteiger partial charge is 0.337 e. The van der Waals surface area contributed by atoms with Gasteiger partial charge in [-0.3, -0.25) is 9.59 Å². The van der Waals surface area contributed by atoms with Crippen molar-refractivity contribution in [3.8, 4) is 0 Å². The summed E-state index contributed by atoms with van der Waals surface area (Å²) in [5.74, 6) is -0.129. The van der Waals surface area contributed by atoms with Crippen LogP contribution in [-0.2, 0) is 22.7 Å². The van der Waals surface area contributed by atoms with Gasteiger partial charge in [-0.2, -0.15) is 0 Å². The number of amides is 2. The summed E-state index contributed by atoms with van der Waals surface area (Å²) in [4.78, 5) is 27.9. The number of nitrogens with zero attached hydrogens (tertiary/aromatic N) is 2. The Bertz CT molecular complexity index is 656. The van der Waals surface area contributed by atoms with Gasteiger partial charge in [0.25, 0.3) is 0 Å². The molecule has 0 N–H and O–H groups in total. The van der Waals surface area contributed by atoms with E-state index in [0.717, 1.165) is 11.1 Å². The third-order valence-electron chi connectivity index (χ3n) is 3.94. The molecule has 0 atom stereocenters. The fourth-order valence-corrected chi connectivity index (χ4v) is 2.53. The molecule has 0 saturated heterocycles. The van der Waals surface area contributed by atoms with Gasteiger partial charge in [-0.15, -0.1) is 0 Å². The molecule has 0 fully saturated rings. The number of benzene rings is 2. The third-order valence-corrected chi connectivity index (χ3v) is 3.94. The van der Waals surface area contributed by atoms with Gasteiger partial charge in [0, 0.05) is 26.6 Å². The van der Waals surface area contributed by atoms with Crippen molar-refractivity contribution in [2.45, 2.75) is 26.9 Å². The van der Waals surface area contributed by atoms with Gasteiger partial charge in [-0.25, -0.2) is 0 Å². The fourth-order valence-electron chi connectivity index (χ4n) is 2.53. The molecule has 0 spiro atoms. The highest BCUT2D eigenvalue weighted by atomic mass is 16.2. The van der Waals surface area contributed by atoms with Crippen molar-refractivity contribution >= 4 is 11.8 Å². The molecule has 0 radical (unpaired) electrons. The van der Waals surface area contributed by atoms with Crippen LogP contribution in [0.4, 0.5) is 0 Å². The van der Waals surface area contributed by atoms with Gasteiger partial charge in [-0.1, -0.05) is 60.7 Å². The van der Waals surface area contributed by atoms with Crippen LogP contribution in [0.5, 0.6) is 0 Å². The molecule has 0 aliphatic heterocycles. The topological polar surface area (TPSA) is 40.6 Å². The predicted octanol–water partition coefficient (Wildman–Crippen LogP) is 3.08. The molecule has 0 bridgehead atoms. The average molecular weight is 324 g/mol. The molecule has 0 aliphatic rings. The van der Waals surface area contributed by atoms with E-state index in [1.807, 2.05) is 67.6 Å². The first-order valence-electron chi connectivity index (χ1n) is 8.21. The van der Waals surface area contributed by atoms with Crippen molar-refractivity contribution in [1.29, 1.82) is 0 Å². The summed E-state index contributed by atoms with van der Waals surface area (Å²) in [7, 11) is 0. The number of carbonyl (C=O) groups excluding carboxylic acids is 2. The lowest BCUT2D eigenvalue weighted by Crippen LogP contribution is -2.41. The minimum Gasteiger partial charge on any atom is -0.337 e. The second-order valence-electron chi connectivity index (χ2n) is 5.75. The highest BCUT2D eigenvalue weighted by Gasteiger charge is 2.18. The smallest absolute Gasteiger partial charge is 0.242 e. The van der Waals surface area contributed by atoms with Gasteiger partial charge >= 0.3 is 0 Å². The van der Waals surface area contributed by atoms with Gasteiger partial charge in [-0.05, 0) is 18.1 Å². The second-order valence-corrected chi connectivity index (χ2v) is 5.75. The average Bonchev–Trinajstić information content (AvgIpc) is 2.60. The summed E-state index contributed by atoms with van der Waals surface area (Å²) in [5, 5.41) is 0. The lowest BCUT2D eigenvalue weighted by molar-refractivity contribution is -0.140. The Morgan fingerprint density at radius 3 is 1.67 bits per heavy atom. The van der Waals surface area contributed by atoms with E-state index in [4.69, 9.17) is 0 Å². The summed E-state index contributed by atoms with van der Waals surface area (Å²) < 4.78 is 0. The van der Waals surface area contributed by atoms with Gasteiger partial charge < -0.3 is 9.80 Å². The zero-order valence-corrected chi connectivity index (χ0v) is 14.3. The van der Waals surface area contributed by atoms with E-state index in [9.17, 15) is 9.59 Å². The minimum atomic E-state index is -0.0945. The first-order valence-corrected chi connectivity index (χ1v) is 8.21. The van der Waals surface area contributed by atoms with Crippen LogP contribution in [0.15, 0.2) is 60.7 Å². The molecule has 4 heteroatoms. The highest BCUT2D eigenvalue weighted by molar-refractivity contribution is 5.83. The van der Waals surface area contributed by atoms with E-state index < -0.39 is 0 Å². The molecule has 126 valence electrons. The molecule has 2 aromatic rings. The van der Waals surface area contributed by atoms with Crippen molar-refractivity contribution in [3.05, 3.63) is 71.8 Å². The van der Waals surface area contributed by atoms with Crippen LogP contribution in [0.25, 0.3) is 0 Å². The van der Waals surface area contributed by atoms with Gasteiger partial charge in [0.2, 0.25) is 11.8 Å². The van der Waals surface area contributed by atoms with E-state index in [2.05, 4.69) is 0 Å². The zero-order valence-electron chi connectivity index (χ0n) is 14.3. The highest BCUT2D eigenvalue weighted by Crippen LogP contribution is 2.08. The SMILES string of the molecule is CCN(Cc1ccccc1)C(=O)CN(Cc1ccccc1)C(C)=O. The first-order chi connectivity index (χ1) is 11.6. The predicted molar refractivity (Wildman–Crippen MR) is 95.1 cm³/mol. The Hall–Kier alpha value is -2.62. The van der Waals surface area contributed by atoms with Crippen LogP contribution in [0.1, 0.15) is 25.0 Å². The summed E-state index contributed by atoms with van der Waals surface area (Å²) in [6.45, 7) is 5.19. The van der Waals surface area contributed by atoms with Crippen molar-refractivity contribution in [3.63, 3.8) is 0 Å². The normalized spacial score (nSPS) is 10.2. The van der Waals surface area contributed by atoms with E-state index in [0.29, 0.717) is 19.6 Å². The molecule has 24 heavy (non-hydrogen) atoms. The van der Waals surface area contributed by atoms with Crippen molar-refractivity contribution in [2.75, 3.05) is 13.1 Å². The Kier molecular flexibility index (Phi) is 6.55. The van der Waals surface area contributed by atoms with E-state index >= 15 is 0 Å². The lowest BCUT2D eigenvalue weighted by Gasteiger charge is -2.26. The van der Waals surface area contributed by atoms with Crippen LogP contribution < -0.4 is 0 Å². The van der Waals surface area contributed by atoms with Crippen molar-refractivity contribution in [2.24, 2.45) is 0 Å². The van der Waals surface area contributed by atoms with Crippen LogP contribution in [-0.4, -0.2) is 34.7 Å². The van der Waals surface area contributed by atoms with E-state index in [1.54, 1.807) is 9.80 Å². The second kappa shape index (κ2) is 8.87. The van der Waals surface area contributed by atoms with Crippen LogP contribution in [0.2, 0.25) is 0 Å². The molecule has 0 unspecified atom stereocenters. The van der Waals surface area contributed by atoms with E-state index in [1.165, 1.54) is 6.92 Å². The Morgan fingerprint density at radius 2 is 1.25 bits per heavy atom. The summed E-state index contributed by atoms with van der Waals surface area (Å²) in [5.41, 5.74) is 2.11. The van der Waals surface area contributed by atoms with Gasteiger partial charge in [0.1, 0.15) is 6.54 Å². The molecule has 4 nitrogen and oxygen atoms in total. The molecular formula is C20H24N2O2. The zero-order chi connectivity index (χ0) is 17.4. The fraction of sp³-hybridized carbons (Fsp3) is 0.300. The maximum atomic E-state index is 12.6. The molecule has 0 heterocycles. The standard InChI is InChI=1S/C20H24N2O2/c1-3-21(14-18-10-6-4-7-11-18)20(24)16-22(17(2)23)15-19-12-8-5-9-13-19/h4-13H,3,14-16H2,1-2H3. The first kappa shape index (κ1) is 17.7. The number of rotatable bonds is 7. The summed E-state index contributed by atoms with van der Waals surface area (Å²) in [6.07, 6.45) is 0. The van der Waals surface area contributed by atoms with Crippen LogP contribution in [0.3, 0.4) is 0 Å². The van der Waals surface area contributed by atoms with Crippen molar-refractivity contribution in [1.82, 2.24) is 9.80 Å². The minimum absolute atomic E-state index is 0.0347. The maximum absolute atomic E-state index is 12.6. The van der Waals surface area contributed by atoms with Crippen molar-refractivity contribution < 1.29 is 9.59 Å². The Morgan fingerprint density at radius 1 is 0.792 bits per heavy atom. The summed E-state index contributed by atoms with van der Waals surface area (Å²) >= 11 is 0. The van der Waals surface area contributed by atoms with E-state index in [-0.39, 0.29) is 18.4 Å². The van der Waals surface area contributed by atoms with Crippen LogP contribution >= 0.6 is 0 Å². The molecule has 2 amide bonds. The Balaban J connectivity index is 2.01. The number of likely N-dealkylation sites (N-methyl/N-ethyl adjacent to an activating group) is 1. The molecule has 2 rings (SSSR count). The molecular weight excluding hydrogens is 300 g/mol. The quantitative estimate of drug-likeness (QED) is 0.785. The monoisotopic (exact) mass is 324 g/mol. The number of carbonyl (C=O) groups is 2. The lowest BCUT2D eigenvalue weighted by atomic mass is 10.2. The third kappa shape index (κ3) is 5.23. The Labute approximate surface area is 143 Å². The summed E-state index contributed by atoms with van der Waals surface area (Å²) in [6, 6.07) is 19.6. The molecule has 0 aliphatic carbocycles.